The zero-order valence-corrected chi connectivity index (χ0v) is 11.8. The molecule has 0 radical (unpaired) electrons. The van der Waals surface area contributed by atoms with Crippen LogP contribution in [0.5, 0.6) is 0 Å². The zero-order valence-electron chi connectivity index (χ0n) is 11.8. The monoisotopic (exact) mass is 271 g/mol. The van der Waals surface area contributed by atoms with Gasteiger partial charge in [0.2, 0.25) is 0 Å². The molecule has 0 amide bonds. The van der Waals surface area contributed by atoms with Crippen molar-refractivity contribution in [2.24, 2.45) is 11.8 Å². The predicted octanol–water partition coefficient (Wildman–Crippen LogP) is 2.34. The van der Waals surface area contributed by atoms with Gasteiger partial charge in [0.1, 0.15) is 0 Å². The highest BCUT2D eigenvalue weighted by Crippen LogP contribution is 2.56. The summed E-state index contributed by atoms with van der Waals surface area (Å²) in [6.07, 6.45) is 4.01. The van der Waals surface area contributed by atoms with Crippen molar-refractivity contribution in [3.63, 3.8) is 0 Å². The Kier molecular flexibility index (Phi) is 2.53. The topological polar surface area (TPSA) is 49.3 Å². The summed E-state index contributed by atoms with van der Waals surface area (Å²) in [4.78, 5) is 11.5. The molecule has 5 rings (SSSR count). The van der Waals surface area contributed by atoms with Crippen LogP contribution in [0.1, 0.15) is 37.3 Å². The molecule has 2 aliphatic heterocycles. The molecule has 0 aromatic heterocycles. The van der Waals surface area contributed by atoms with E-state index in [-0.39, 0.29) is 17.4 Å². The third kappa shape index (κ3) is 1.42. The van der Waals surface area contributed by atoms with Crippen LogP contribution < -0.4 is 5.32 Å². The molecule has 3 heteroatoms. The van der Waals surface area contributed by atoms with Crippen LogP contribution in [0.3, 0.4) is 0 Å². The van der Waals surface area contributed by atoms with Crippen LogP contribution in [0.2, 0.25) is 0 Å². The molecule has 106 valence electrons. The van der Waals surface area contributed by atoms with Gasteiger partial charge in [0.15, 0.2) is 0 Å². The molecule has 5 atom stereocenters. The lowest BCUT2D eigenvalue weighted by atomic mass is 9.49. The minimum atomic E-state index is -0.621. The van der Waals surface area contributed by atoms with Crippen LogP contribution in [-0.2, 0) is 16.6 Å². The molecule has 1 aromatic rings. The molecule has 2 N–H and O–H groups in total. The fourth-order valence-electron chi connectivity index (χ4n) is 5.27. The van der Waals surface area contributed by atoms with Gasteiger partial charge in [-0.15, -0.1) is 0 Å². The van der Waals surface area contributed by atoms with Crippen LogP contribution in [0, 0.1) is 11.8 Å². The van der Waals surface area contributed by atoms with E-state index in [1.54, 1.807) is 0 Å². The van der Waals surface area contributed by atoms with Crippen molar-refractivity contribution in [1.82, 2.24) is 5.32 Å². The van der Waals surface area contributed by atoms with Crippen molar-refractivity contribution in [2.75, 3.05) is 0 Å². The third-order valence-corrected chi connectivity index (χ3v) is 6.14. The normalized spacial score (nSPS) is 41.2. The van der Waals surface area contributed by atoms with E-state index < -0.39 is 5.97 Å². The number of hydrogen-bond acceptors (Lipinski definition) is 2. The Bertz CT molecular complexity index is 570. The summed E-state index contributed by atoms with van der Waals surface area (Å²) in [5.41, 5.74) is 3.18. The first kappa shape index (κ1) is 12.4. The van der Waals surface area contributed by atoms with Crippen LogP contribution >= 0.6 is 0 Å². The number of carbonyl (C=O) groups is 1. The second kappa shape index (κ2) is 4.08. The van der Waals surface area contributed by atoms with E-state index in [0.29, 0.717) is 12.0 Å². The largest absolute Gasteiger partial charge is 0.481 e. The van der Waals surface area contributed by atoms with Crippen molar-refractivity contribution in [2.45, 2.75) is 50.1 Å². The maximum Gasteiger partial charge on any atom is 0.308 e. The number of rotatable bonds is 2. The number of carboxylic acids is 1. The molecule has 4 bridgehead atoms. The summed E-state index contributed by atoms with van der Waals surface area (Å²) in [6.45, 7) is 2.27. The van der Waals surface area contributed by atoms with Crippen molar-refractivity contribution < 1.29 is 9.90 Å². The zero-order chi connectivity index (χ0) is 13.9. The average molecular weight is 271 g/mol. The fraction of sp³-hybridized carbons (Fsp3) is 0.588. The molecule has 4 unspecified atom stereocenters. The average Bonchev–Trinajstić information content (AvgIpc) is 2.46. The first-order valence-electron chi connectivity index (χ1n) is 7.73. The number of carboxylic acid groups (broad SMARTS) is 1. The minimum Gasteiger partial charge on any atom is -0.481 e. The molecule has 0 spiro atoms. The molecule has 20 heavy (non-hydrogen) atoms. The summed E-state index contributed by atoms with van der Waals surface area (Å²) >= 11 is 0. The molecule has 2 heterocycles. The van der Waals surface area contributed by atoms with E-state index in [0.717, 1.165) is 25.7 Å². The van der Waals surface area contributed by atoms with Gasteiger partial charge >= 0.3 is 5.97 Å². The molecule has 4 aliphatic rings. The first-order valence-corrected chi connectivity index (χ1v) is 7.73. The van der Waals surface area contributed by atoms with Gasteiger partial charge in [-0.05, 0) is 42.7 Å². The molecule has 2 aliphatic carbocycles. The van der Waals surface area contributed by atoms with Crippen LogP contribution in [0.15, 0.2) is 24.3 Å². The number of fused-ring (bicyclic) bond motifs is 2. The van der Waals surface area contributed by atoms with Crippen molar-refractivity contribution in [1.29, 1.82) is 0 Å². The van der Waals surface area contributed by atoms with E-state index in [9.17, 15) is 9.90 Å². The number of aliphatic carboxylic acids is 1. The molecular formula is C17H21NO2. The minimum absolute atomic E-state index is 0.149. The second-order valence-corrected chi connectivity index (χ2v) is 6.74. The quantitative estimate of drug-likeness (QED) is 0.868. The predicted molar refractivity (Wildman–Crippen MR) is 76.7 cm³/mol. The third-order valence-electron chi connectivity index (χ3n) is 6.14. The van der Waals surface area contributed by atoms with Crippen LogP contribution in [0.25, 0.3) is 0 Å². The van der Waals surface area contributed by atoms with E-state index in [4.69, 9.17) is 0 Å². The molecule has 1 aromatic carbocycles. The molecule has 2 saturated heterocycles. The Morgan fingerprint density at radius 1 is 1.40 bits per heavy atom. The Morgan fingerprint density at radius 2 is 2.20 bits per heavy atom. The van der Waals surface area contributed by atoms with Gasteiger partial charge in [-0.1, -0.05) is 31.2 Å². The first-order chi connectivity index (χ1) is 9.65. The highest BCUT2D eigenvalue weighted by Gasteiger charge is 2.58. The highest BCUT2D eigenvalue weighted by atomic mass is 16.4. The lowest BCUT2D eigenvalue weighted by Gasteiger charge is -2.61. The Labute approximate surface area is 119 Å². The lowest BCUT2D eigenvalue weighted by Crippen LogP contribution is -2.69. The number of nitrogens with one attached hydrogen (secondary N) is 1. The number of piperidine rings is 2. The molecule has 3 nitrogen and oxygen atoms in total. The fourth-order valence-corrected chi connectivity index (χ4v) is 5.27. The van der Waals surface area contributed by atoms with E-state index >= 15 is 0 Å². The maximum atomic E-state index is 11.5. The summed E-state index contributed by atoms with van der Waals surface area (Å²) in [7, 11) is 0. The van der Waals surface area contributed by atoms with Gasteiger partial charge in [0.25, 0.3) is 0 Å². The Hall–Kier alpha value is -1.35. The SMILES string of the molecule is CC[C@]12CC3NC(Cc4ccccc41)C2CC3C(=O)O. The lowest BCUT2D eigenvalue weighted by molar-refractivity contribution is -0.149. The molecular weight excluding hydrogens is 250 g/mol. The number of benzene rings is 1. The van der Waals surface area contributed by atoms with Crippen molar-refractivity contribution in [3.8, 4) is 0 Å². The van der Waals surface area contributed by atoms with E-state index in [2.05, 4.69) is 36.5 Å². The van der Waals surface area contributed by atoms with Crippen molar-refractivity contribution in [3.05, 3.63) is 35.4 Å². The van der Waals surface area contributed by atoms with E-state index in [1.165, 1.54) is 11.1 Å². The van der Waals surface area contributed by atoms with E-state index in [1.807, 2.05) is 0 Å². The van der Waals surface area contributed by atoms with Gasteiger partial charge < -0.3 is 10.4 Å². The van der Waals surface area contributed by atoms with Gasteiger partial charge in [0, 0.05) is 17.5 Å². The van der Waals surface area contributed by atoms with Gasteiger partial charge in [-0.2, -0.15) is 0 Å². The van der Waals surface area contributed by atoms with Crippen LogP contribution in [0.4, 0.5) is 0 Å². The summed E-state index contributed by atoms with van der Waals surface area (Å²) in [5.74, 6) is -0.334. The number of hydrogen-bond donors (Lipinski definition) is 2. The molecule has 3 fully saturated rings. The van der Waals surface area contributed by atoms with Crippen LogP contribution in [-0.4, -0.2) is 23.2 Å². The summed E-state index contributed by atoms with van der Waals surface area (Å²) in [6, 6.07) is 9.42. The molecule has 1 saturated carbocycles. The van der Waals surface area contributed by atoms with Gasteiger partial charge in [-0.3, -0.25) is 4.79 Å². The maximum absolute atomic E-state index is 11.5. The Morgan fingerprint density at radius 3 is 2.90 bits per heavy atom. The Balaban J connectivity index is 1.83. The van der Waals surface area contributed by atoms with Gasteiger partial charge in [0.05, 0.1) is 5.92 Å². The second-order valence-electron chi connectivity index (χ2n) is 6.74. The highest BCUT2D eigenvalue weighted by molar-refractivity contribution is 5.72. The summed E-state index contributed by atoms with van der Waals surface area (Å²) in [5, 5.41) is 13.1. The van der Waals surface area contributed by atoms with Gasteiger partial charge in [-0.25, -0.2) is 0 Å². The van der Waals surface area contributed by atoms with Crippen molar-refractivity contribution >= 4 is 5.97 Å². The standard InChI is InChI=1S/C17H21NO2/c1-2-17-9-15-11(16(19)20)8-13(17)14(18-15)7-10-5-3-4-6-12(10)17/h3-6,11,13-15,18H,2,7-9H2,1H3,(H,19,20)/t11?,13?,14?,15?,17-/m0/s1. The smallest absolute Gasteiger partial charge is 0.308 e. The summed E-state index contributed by atoms with van der Waals surface area (Å²) < 4.78 is 0.